The smallest absolute Gasteiger partial charge is 0.261 e. The van der Waals surface area contributed by atoms with E-state index in [2.05, 4.69) is 5.32 Å². The summed E-state index contributed by atoms with van der Waals surface area (Å²) in [6.45, 7) is 1.73. The molecule has 1 N–H and O–H groups in total. The Morgan fingerprint density at radius 3 is 2.44 bits per heavy atom. The molecule has 0 spiro atoms. The maximum atomic E-state index is 13.0. The number of carbonyl (C=O) groups excluding carboxylic acids is 2. The molecule has 0 aliphatic rings. The highest BCUT2D eigenvalue weighted by Crippen LogP contribution is 2.20. The molecular formula is C20H22ClFN2O3. The summed E-state index contributed by atoms with van der Waals surface area (Å²) in [6, 6.07) is 11.9. The highest BCUT2D eigenvalue weighted by Gasteiger charge is 2.28. The van der Waals surface area contributed by atoms with E-state index >= 15 is 0 Å². The van der Waals surface area contributed by atoms with E-state index in [-0.39, 0.29) is 30.8 Å². The summed E-state index contributed by atoms with van der Waals surface area (Å²) in [5, 5.41) is 3.10. The van der Waals surface area contributed by atoms with E-state index < -0.39 is 6.04 Å². The summed E-state index contributed by atoms with van der Waals surface area (Å²) in [4.78, 5) is 26.5. The number of hydrogen-bond donors (Lipinski definition) is 1. The van der Waals surface area contributed by atoms with Gasteiger partial charge in [-0.1, -0.05) is 36.7 Å². The molecule has 0 saturated carbocycles. The van der Waals surface area contributed by atoms with Gasteiger partial charge in [0.1, 0.15) is 17.6 Å². The van der Waals surface area contributed by atoms with Gasteiger partial charge >= 0.3 is 0 Å². The fraction of sp³-hybridized carbons (Fsp3) is 0.300. The molecule has 0 heterocycles. The van der Waals surface area contributed by atoms with Crippen LogP contribution in [-0.4, -0.2) is 36.4 Å². The lowest BCUT2D eigenvalue weighted by Gasteiger charge is -2.30. The molecule has 0 fully saturated rings. The Morgan fingerprint density at radius 1 is 1.19 bits per heavy atom. The standard InChI is InChI=1S/C20H22ClFN2O3/c1-3-18(20(26)23-2)24(12-14-6-4-5-7-17(14)21)19(25)13-27-16-10-8-15(22)9-11-16/h4-11,18H,3,12-13H2,1-2H3,(H,23,26)/t18-/m1/s1. The Balaban J connectivity index is 2.19. The number of likely N-dealkylation sites (N-methyl/N-ethyl adjacent to an activating group) is 1. The molecule has 2 amide bonds. The second-order valence-electron chi connectivity index (χ2n) is 5.89. The van der Waals surface area contributed by atoms with Crippen LogP contribution in [0.15, 0.2) is 48.5 Å². The summed E-state index contributed by atoms with van der Waals surface area (Å²) in [5.74, 6) is -0.649. The van der Waals surface area contributed by atoms with E-state index in [9.17, 15) is 14.0 Å². The summed E-state index contributed by atoms with van der Waals surface area (Å²) in [5.41, 5.74) is 0.733. The second-order valence-corrected chi connectivity index (χ2v) is 6.30. The molecule has 1 atom stereocenters. The molecule has 27 heavy (non-hydrogen) atoms. The van der Waals surface area contributed by atoms with Crippen molar-refractivity contribution in [1.82, 2.24) is 10.2 Å². The van der Waals surface area contributed by atoms with E-state index in [1.54, 1.807) is 18.2 Å². The molecule has 2 aromatic carbocycles. The number of hydrogen-bond acceptors (Lipinski definition) is 3. The quantitative estimate of drug-likeness (QED) is 0.749. The van der Waals surface area contributed by atoms with Crippen molar-refractivity contribution in [2.24, 2.45) is 0 Å². The zero-order valence-electron chi connectivity index (χ0n) is 15.2. The SMILES string of the molecule is CC[C@H](C(=O)NC)N(Cc1ccccc1Cl)C(=O)COc1ccc(F)cc1. The van der Waals surface area contributed by atoms with Gasteiger partial charge in [-0.05, 0) is 42.3 Å². The van der Waals surface area contributed by atoms with Crippen molar-refractivity contribution in [2.75, 3.05) is 13.7 Å². The van der Waals surface area contributed by atoms with Crippen LogP contribution in [0.1, 0.15) is 18.9 Å². The first-order chi connectivity index (χ1) is 13.0. The first kappa shape index (κ1) is 20.7. The topological polar surface area (TPSA) is 58.6 Å². The molecular weight excluding hydrogens is 371 g/mol. The molecule has 0 saturated heterocycles. The van der Waals surface area contributed by atoms with Crippen LogP contribution in [-0.2, 0) is 16.1 Å². The minimum absolute atomic E-state index is 0.178. The molecule has 0 aliphatic carbocycles. The van der Waals surface area contributed by atoms with Crippen LogP contribution >= 0.6 is 11.6 Å². The van der Waals surface area contributed by atoms with E-state index in [4.69, 9.17) is 16.3 Å². The lowest BCUT2D eigenvalue weighted by atomic mass is 10.1. The number of nitrogens with one attached hydrogen (secondary N) is 1. The molecule has 0 radical (unpaired) electrons. The van der Waals surface area contributed by atoms with Gasteiger partial charge in [-0.3, -0.25) is 9.59 Å². The van der Waals surface area contributed by atoms with Gasteiger partial charge in [-0.15, -0.1) is 0 Å². The minimum Gasteiger partial charge on any atom is -0.484 e. The molecule has 0 unspecified atom stereocenters. The molecule has 144 valence electrons. The Morgan fingerprint density at radius 2 is 1.85 bits per heavy atom. The fourth-order valence-corrected chi connectivity index (χ4v) is 2.85. The van der Waals surface area contributed by atoms with Gasteiger partial charge in [0.25, 0.3) is 5.91 Å². The van der Waals surface area contributed by atoms with Gasteiger partial charge in [0, 0.05) is 18.6 Å². The maximum absolute atomic E-state index is 13.0. The molecule has 5 nitrogen and oxygen atoms in total. The van der Waals surface area contributed by atoms with Crippen molar-refractivity contribution in [3.63, 3.8) is 0 Å². The van der Waals surface area contributed by atoms with E-state index in [1.807, 2.05) is 13.0 Å². The van der Waals surface area contributed by atoms with Crippen LogP contribution in [0, 0.1) is 5.82 Å². The number of ether oxygens (including phenoxy) is 1. The monoisotopic (exact) mass is 392 g/mol. The van der Waals surface area contributed by atoms with Crippen molar-refractivity contribution < 1.29 is 18.7 Å². The van der Waals surface area contributed by atoms with Crippen LogP contribution in [0.4, 0.5) is 4.39 Å². The minimum atomic E-state index is -0.657. The van der Waals surface area contributed by atoms with Crippen molar-refractivity contribution in [2.45, 2.75) is 25.9 Å². The zero-order valence-corrected chi connectivity index (χ0v) is 16.0. The molecule has 0 aromatic heterocycles. The van der Waals surface area contributed by atoms with E-state index in [0.29, 0.717) is 17.2 Å². The van der Waals surface area contributed by atoms with Crippen LogP contribution in [0.3, 0.4) is 0 Å². The Kier molecular flexibility index (Phi) is 7.61. The van der Waals surface area contributed by atoms with Crippen molar-refractivity contribution in [3.8, 4) is 5.75 Å². The van der Waals surface area contributed by atoms with Crippen molar-refractivity contribution in [1.29, 1.82) is 0 Å². The second kappa shape index (κ2) is 9.92. The van der Waals surface area contributed by atoms with E-state index in [1.165, 1.54) is 36.2 Å². The van der Waals surface area contributed by atoms with Crippen LogP contribution < -0.4 is 10.1 Å². The highest BCUT2D eigenvalue weighted by atomic mass is 35.5. The van der Waals surface area contributed by atoms with Gasteiger partial charge in [0.15, 0.2) is 6.61 Å². The maximum Gasteiger partial charge on any atom is 0.261 e. The van der Waals surface area contributed by atoms with Crippen LogP contribution in [0.25, 0.3) is 0 Å². The number of carbonyl (C=O) groups is 2. The van der Waals surface area contributed by atoms with Crippen molar-refractivity contribution >= 4 is 23.4 Å². The third kappa shape index (κ3) is 5.69. The number of benzene rings is 2. The normalized spacial score (nSPS) is 11.6. The molecule has 0 aliphatic heterocycles. The Hall–Kier alpha value is -2.60. The predicted molar refractivity (Wildman–Crippen MR) is 102 cm³/mol. The molecule has 2 rings (SSSR count). The number of rotatable bonds is 8. The third-order valence-corrected chi connectivity index (χ3v) is 4.48. The van der Waals surface area contributed by atoms with E-state index in [0.717, 1.165) is 5.56 Å². The molecule has 7 heteroatoms. The zero-order chi connectivity index (χ0) is 19.8. The summed E-state index contributed by atoms with van der Waals surface area (Å²) < 4.78 is 18.4. The first-order valence-corrected chi connectivity index (χ1v) is 8.96. The molecule has 2 aromatic rings. The average Bonchev–Trinajstić information content (AvgIpc) is 2.68. The number of nitrogens with zero attached hydrogens (tertiary/aromatic N) is 1. The first-order valence-electron chi connectivity index (χ1n) is 8.59. The van der Waals surface area contributed by atoms with Gasteiger partial charge in [-0.25, -0.2) is 4.39 Å². The fourth-order valence-electron chi connectivity index (χ4n) is 2.66. The summed E-state index contributed by atoms with van der Waals surface area (Å²) in [7, 11) is 1.53. The largest absolute Gasteiger partial charge is 0.484 e. The Bertz CT molecular complexity index is 783. The number of halogens is 2. The van der Waals surface area contributed by atoms with Crippen LogP contribution in [0.5, 0.6) is 5.75 Å². The van der Waals surface area contributed by atoms with Gasteiger partial charge in [-0.2, -0.15) is 0 Å². The van der Waals surface area contributed by atoms with Crippen molar-refractivity contribution in [3.05, 3.63) is 64.9 Å². The van der Waals surface area contributed by atoms with Gasteiger partial charge < -0.3 is 15.0 Å². The van der Waals surface area contributed by atoms with Crippen LogP contribution in [0.2, 0.25) is 5.02 Å². The van der Waals surface area contributed by atoms with Gasteiger partial charge in [0.2, 0.25) is 5.91 Å². The lowest BCUT2D eigenvalue weighted by molar-refractivity contribution is -0.142. The number of amides is 2. The molecule has 0 bridgehead atoms. The Labute approximate surface area is 163 Å². The summed E-state index contributed by atoms with van der Waals surface area (Å²) >= 11 is 6.22. The lowest BCUT2D eigenvalue weighted by Crippen LogP contribution is -2.49. The van der Waals surface area contributed by atoms with Gasteiger partial charge in [0.05, 0.1) is 0 Å². The third-order valence-electron chi connectivity index (χ3n) is 4.11. The summed E-state index contributed by atoms with van der Waals surface area (Å²) in [6.07, 6.45) is 0.437. The average molecular weight is 393 g/mol. The highest BCUT2D eigenvalue weighted by molar-refractivity contribution is 6.31. The predicted octanol–water partition coefficient (Wildman–Crippen LogP) is 3.41.